The highest BCUT2D eigenvalue weighted by atomic mass is 16.5. The van der Waals surface area contributed by atoms with Gasteiger partial charge in [0.15, 0.2) is 11.5 Å². The minimum Gasteiger partial charge on any atom is -0.490 e. The van der Waals surface area contributed by atoms with Crippen molar-refractivity contribution in [3.63, 3.8) is 0 Å². The second-order valence-electron chi connectivity index (χ2n) is 5.84. The number of benzene rings is 1. The Hall–Kier alpha value is -1.26. The molecule has 0 saturated heterocycles. The van der Waals surface area contributed by atoms with E-state index in [0.29, 0.717) is 19.8 Å². The number of hydrogen-bond acceptors (Lipinski definition) is 4. The van der Waals surface area contributed by atoms with Gasteiger partial charge in [-0.15, -0.1) is 0 Å². The minimum absolute atomic E-state index is 0.124. The molecule has 1 unspecified atom stereocenters. The molecule has 4 heteroatoms. The third-order valence-corrected chi connectivity index (χ3v) is 3.00. The van der Waals surface area contributed by atoms with Gasteiger partial charge in [-0.25, -0.2) is 0 Å². The summed E-state index contributed by atoms with van der Waals surface area (Å²) in [5, 5.41) is 3.29. The molecular formula is C17H29NO3. The van der Waals surface area contributed by atoms with Gasteiger partial charge in [0.1, 0.15) is 0 Å². The molecule has 0 bridgehead atoms. The van der Waals surface area contributed by atoms with Crippen LogP contribution in [0.3, 0.4) is 0 Å². The Kier molecular flexibility index (Phi) is 6.99. The number of rotatable bonds is 8. The van der Waals surface area contributed by atoms with E-state index in [1.54, 1.807) is 0 Å². The van der Waals surface area contributed by atoms with Crippen molar-refractivity contribution in [1.82, 2.24) is 5.32 Å². The molecule has 21 heavy (non-hydrogen) atoms. The molecule has 1 N–H and O–H groups in total. The minimum atomic E-state index is -0.150. The smallest absolute Gasteiger partial charge is 0.161 e. The molecule has 0 saturated carbocycles. The van der Waals surface area contributed by atoms with Crippen LogP contribution >= 0.6 is 0 Å². The van der Waals surface area contributed by atoms with Crippen LogP contribution in [0.5, 0.6) is 11.5 Å². The van der Waals surface area contributed by atoms with E-state index in [9.17, 15) is 0 Å². The largest absolute Gasteiger partial charge is 0.490 e. The van der Waals surface area contributed by atoms with E-state index in [4.69, 9.17) is 14.2 Å². The molecule has 120 valence electrons. The highest BCUT2D eigenvalue weighted by Crippen LogP contribution is 2.31. The average molecular weight is 295 g/mol. The lowest BCUT2D eigenvalue weighted by Gasteiger charge is -2.25. The molecule has 4 nitrogen and oxygen atoms in total. The first-order valence-corrected chi connectivity index (χ1v) is 7.62. The zero-order chi connectivity index (χ0) is 15.9. The molecule has 1 aromatic carbocycles. The zero-order valence-corrected chi connectivity index (χ0v) is 14.2. The summed E-state index contributed by atoms with van der Waals surface area (Å²) in [5.41, 5.74) is 0.983. The van der Waals surface area contributed by atoms with E-state index in [-0.39, 0.29) is 11.6 Å². The van der Waals surface area contributed by atoms with Gasteiger partial charge in [0.2, 0.25) is 0 Å². The summed E-state index contributed by atoms with van der Waals surface area (Å²) in [7, 11) is 1.94. The molecule has 1 rings (SSSR count). The Morgan fingerprint density at radius 1 is 1.05 bits per heavy atom. The highest BCUT2D eigenvalue weighted by molar-refractivity contribution is 5.44. The molecular weight excluding hydrogens is 266 g/mol. The maximum Gasteiger partial charge on any atom is 0.161 e. The van der Waals surface area contributed by atoms with E-state index >= 15 is 0 Å². The van der Waals surface area contributed by atoms with Crippen LogP contribution in [0.2, 0.25) is 0 Å². The molecule has 0 aliphatic rings. The molecule has 0 fully saturated rings. The van der Waals surface area contributed by atoms with Gasteiger partial charge in [-0.05, 0) is 59.4 Å². The first kappa shape index (κ1) is 17.8. The second-order valence-corrected chi connectivity index (χ2v) is 5.84. The Morgan fingerprint density at radius 3 is 2.19 bits per heavy atom. The van der Waals surface area contributed by atoms with E-state index in [1.165, 1.54) is 0 Å². The molecule has 0 amide bonds. The van der Waals surface area contributed by atoms with Crippen LogP contribution in [0.1, 0.15) is 46.2 Å². The van der Waals surface area contributed by atoms with Crippen LogP contribution in [0, 0.1) is 0 Å². The van der Waals surface area contributed by atoms with Crippen LogP contribution in [-0.2, 0) is 4.74 Å². The molecule has 0 aromatic heterocycles. The van der Waals surface area contributed by atoms with Gasteiger partial charge in [-0.3, -0.25) is 0 Å². The normalized spacial score (nSPS) is 13.0. The van der Waals surface area contributed by atoms with E-state index in [2.05, 4.69) is 32.2 Å². The maximum absolute atomic E-state index is 5.88. The van der Waals surface area contributed by atoms with E-state index in [1.807, 2.05) is 33.0 Å². The highest BCUT2D eigenvalue weighted by Gasteiger charge is 2.17. The molecule has 1 atom stereocenters. The lowest BCUT2D eigenvalue weighted by Crippen LogP contribution is -2.28. The van der Waals surface area contributed by atoms with E-state index in [0.717, 1.165) is 17.1 Å². The standard InChI is InChI=1S/C17H29NO3/c1-7-19-15-10-9-13(11-16(15)20-8-2)14(18-6)12-21-17(3,4)5/h9-11,14,18H,7-8,12H2,1-6H3. The Morgan fingerprint density at radius 2 is 1.67 bits per heavy atom. The second kappa shape index (κ2) is 8.25. The van der Waals surface area contributed by atoms with Gasteiger partial charge in [0.25, 0.3) is 0 Å². The number of nitrogens with one attached hydrogen (secondary N) is 1. The maximum atomic E-state index is 5.88. The molecule has 0 heterocycles. The summed E-state index contributed by atoms with van der Waals surface area (Å²) in [6.07, 6.45) is 0. The van der Waals surface area contributed by atoms with Crippen molar-refractivity contribution in [2.75, 3.05) is 26.9 Å². The van der Waals surface area contributed by atoms with Crippen molar-refractivity contribution in [3.05, 3.63) is 23.8 Å². The van der Waals surface area contributed by atoms with Crippen molar-refractivity contribution >= 4 is 0 Å². The molecule has 1 aromatic rings. The molecule has 0 spiro atoms. The van der Waals surface area contributed by atoms with Gasteiger partial charge in [-0.2, -0.15) is 0 Å². The monoisotopic (exact) mass is 295 g/mol. The van der Waals surface area contributed by atoms with Crippen molar-refractivity contribution < 1.29 is 14.2 Å². The summed E-state index contributed by atoms with van der Waals surface area (Å²) >= 11 is 0. The zero-order valence-electron chi connectivity index (χ0n) is 14.2. The lowest BCUT2D eigenvalue weighted by atomic mass is 10.1. The van der Waals surface area contributed by atoms with Crippen molar-refractivity contribution in [2.24, 2.45) is 0 Å². The van der Waals surface area contributed by atoms with Crippen LogP contribution < -0.4 is 14.8 Å². The van der Waals surface area contributed by atoms with Gasteiger partial charge < -0.3 is 19.5 Å². The van der Waals surface area contributed by atoms with Crippen LogP contribution in [0.4, 0.5) is 0 Å². The summed E-state index contributed by atoms with van der Waals surface area (Å²) < 4.78 is 17.2. The predicted molar refractivity (Wildman–Crippen MR) is 86.3 cm³/mol. The number of likely N-dealkylation sites (N-methyl/N-ethyl adjacent to an activating group) is 1. The van der Waals surface area contributed by atoms with Crippen LogP contribution in [0.15, 0.2) is 18.2 Å². The summed E-state index contributed by atoms with van der Waals surface area (Å²) in [6.45, 7) is 12.0. The van der Waals surface area contributed by atoms with Gasteiger partial charge in [-0.1, -0.05) is 6.07 Å². The van der Waals surface area contributed by atoms with E-state index < -0.39 is 0 Å². The fourth-order valence-corrected chi connectivity index (χ4v) is 1.96. The number of hydrogen-bond donors (Lipinski definition) is 1. The third-order valence-electron chi connectivity index (χ3n) is 3.00. The third kappa shape index (κ3) is 5.94. The predicted octanol–water partition coefficient (Wildman–Crippen LogP) is 3.56. The molecule has 0 aliphatic heterocycles. The topological polar surface area (TPSA) is 39.7 Å². The number of ether oxygens (including phenoxy) is 3. The van der Waals surface area contributed by atoms with Crippen molar-refractivity contribution in [3.8, 4) is 11.5 Å². The van der Waals surface area contributed by atoms with Gasteiger partial charge in [0, 0.05) is 0 Å². The van der Waals surface area contributed by atoms with Crippen molar-refractivity contribution in [1.29, 1.82) is 0 Å². The first-order valence-electron chi connectivity index (χ1n) is 7.62. The molecule has 0 aliphatic carbocycles. The van der Waals surface area contributed by atoms with Gasteiger partial charge >= 0.3 is 0 Å². The Balaban J connectivity index is 2.91. The van der Waals surface area contributed by atoms with Gasteiger partial charge in [0.05, 0.1) is 31.5 Å². The lowest BCUT2D eigenvalue weighted by molar-refractivity contribution is -0.0139. The average Bonchev–Trinajstić information content (AvgIpc) is 2.41. The van der Waals surface area contributed by atoms with Crippen LogP contribution in [-0.4, -0.2) is 32.5 Å². The van der Waals surface area contributed by atoms with Crippen LogP contribution in [0.25, 0.3) is 0 Å². The summed E-state index contributed by atoms with van der Waals surface area (Å²) in [6, 6.07) is 6.17. The van der Waals surface area contributed by atoms with Crippen molar-refractivity contribution in [2.45, 2.75) is 46.3 Å². The first-order chi connectivity index (χ1) is 9.91. The SMILES string of the molecule is CCOc1ccc(C(COC(C)(C)C)NC)cc1OCC. The summed E-state index contributed by atoms with van der Waals surface area (Å²) in [4.78, 5) is 0. The quantitative estimate of drug-likeness (QED) is 0.796. The fourth-order valence-electron chi connectivity index (χ4n) is 1.96. The Bertz CT molecular complexity index is 427. The molecule has 0 radical (unpaired) electrons. The summed E-state index contributed by atoms with van der Waals surface area (Å²) in [5.74, 6) is 1.57. The Labute approximate surface area is 128 Å². The fraction of sp³-hybridized carbons (Fsp3) is 0.647.